The van der Waals surface area contributed by atoms with Crippen LogP contribution in [-0.2, 0) is 31.1 Å². The van der Waals surface area contributed by atoms with E-state index in [-0.39, 0.29) is 47.9 Å². The predicted octanol–water partition coefficient (Wildman–Crippen LogP) is 6.51. The molecule has 8 rings (SSSR count). The van der Waals surface area contributed by atoms with Gasteiger partial charge in [-0.15, -0.1) is 11.3 Å². The fraction of sp³-hybridized carbons (Fsp3) is 0.286. The smallest absolute Gasteiger partial charge is 0.260 e. The van der Waals surface area contributed by atoms with E-state index in [4.69, 9.17) is 9.47 Å². The number of phenols is 1. The molecule has 6 atom stereocenters. The van der Waals surface area contributed by atoms with Crippen LogP contribution in [0.4, 0.5) is 5.69 Å². The number of methoxy groups -OCH3 is 2. The van der Waals surface area contributed by atoms with Crippen LogP contribution >= 0.6 is 11.3 Å². The van der Waals surface area contributed by atoms with Crippen molar-refractivity contribution in [3.63, 3.8) is 0 Å². The van der Waals surface area contributed by atoms with Crippen LogP contribution in [0.1, 0.15) is 34.4 Å². The maximum Gasteiger partial charge on any atom is 0.260 e. The molecule has 4 aromatic rings. The van der Waals surface area contributed by atoms with Crippen LogP contribution in [0, 0.1) is 36.5 Å². The number of amides is 4. The van der Waals surface area contributed by atoms with Gasteiger partial charge in [-0.1, -0.05) is 77.9 Å². The average Bonchev–Trinajstić information content (AvgIpc) is 3.84. The van der Waals surface area contributed by atoms with E-state index in [1.165, 1.54) is 30.5 Å². The van der Waals surface area contributed by atoms with Gasteiger partial charge in [0.15, 0.2) is 11.5 Å². The number of anilines is 1. The monoisotopic (exact) mass is 729 g/mol. The van der Waals surface area contributed by atoms with Gasteiger partial charge in [0.2, 0.25) is 17.6 Å². The summed E-state index contributed by atoms with van der Waals surface area (Å²) in [5, 5.41) is 13.7. The molecule has 0 spiro atoms. The van der Waals surface area contributed by atoms with Crippen LogP contribution < -0.4 is 14.9 Å². The second-order valence-electron chi connectivity index (χ2n) is 14.1. The summed E-state index contributed by atoms with van der Waals surface area (Å²) in [6.45, 7) is 2.17. The summed E-state index contributed by atoms with van der Waals surface area (Å²) < 4.78 is 10.9. The molecule has 3 aromatic carbocycles. The van der Waals surface area contributed by atoms with E-state index < -0.39 is 40.9 Å². The Morgan fingerprint density at radius 3 is 2.28 bits per heavy atom. The third-order valence-electron chi connectivity index (χ3n) is 11.4. The fourth-order valence-electron chi connectivity index (χ4n) is 8.99. The van der Waals surface area contributed by atoms with Crippen molar-refractivity contribution in [3.8, 4) is 17.2 Å². The molecule has 0 radical (unpaired) electrons. The van der Waals surface area contributed by atoms with Crippen LogP contribution in [0.15, 0.2) is 102 Å². The lowest BCUT2D eigenvalue weighted by atomic mass is 9.50. The number of nitrogens with zero attached hydrogens (tertiary/aromatic N) is 2. The number of fused-ring (bicyclic) bond motifs is 4. The number of hydrogen-bond acceptors (Lipinski definition) is 9. The van der Waals surface area contributed by atoms with E-state index in [1.807, 2.05) is 97.3 Å². The maximum absolute atomic E-state index is 15.2. The molecule has 4 aliphatic rings. The van der Waals surface area contributed by atoms with Crippen molar-refractivity contribution in [3.05, 3.63) is 124 Å². The van der Waals surface area contributed by atoms with Crippen molar-refractivity contribution < 1.29 is 33.8 Å². The quantitative estimate of drug-likeness (QED) is 0.148. The zero-order chi connectivity index (χ0) is 37.0. The summed E-state index contributed by atoms with van der Waals surface area (Å²) >= 11 is 1.50. The van der Waals surface area contributed by atoms with Gasteiger partial charge in [-0.3, -0.25) is 29.5 Å². The number of benzene rings is 3. The molecule has 3 heterocycles. The predicted molar refractivity (Wildman–Crippen MR) is 200 cm³/mol. The lowest BCUT2D eigenvalue weighted by molar-refractivity contribution is -0.141. The van der Waals surface area contributed by atoms with E-state index in [9.17, 15) is 19.5 Å². The minimum Gasteiger partial charge on any atom is -0.502 e. The van der Waals surface area contributed by atoms with Gasteiger partial charge in [-0.05, 0) is 72.5 Å². The second kappa shape index (κ2) is 13.4. The number of aryl methyl sites for hydroxylation is 1. The van der Waals surface area contributed by atoms with E-state index >= 15 is 4.79 Å². The zero-order valence-corrected chi connectivity index (χ0v) is 30.3. The molecule has 2 saturated heterocycles. The molecule has 1 aromatic heterocycles. The van der Waals surface area contributed by atoms with Gasteiger partial charge in [0.1, 0.15) is 0 Å². The molecule has 10 nitrogen and oxygen atoms in total. The first-order valence-corrected chi connectivity index (χ1v) is 18.5. The first-order chi connectivity index (χ1) is 25.7. The molecule has 0 bridgehead atoms. The first kappa shape index (κ1) is 34.4. The van der Waals surface area contributed by atoms with Crippen molar-refractivity contribution in [2.24, 2.45) is 29.6 Å². The highest BCUT2D eigenvalue weighted by molar-refractivity contribution is 7.09. The number of imide groups is 2. The Bertz CT molecular complexity index is 2140. The molecule has 2 aliphatic heterocycles. The number of ether oxygens (including phenoxy) is 2. The van der Waals surface area contributed by atoms with Crippen molar-refractivity contribution in [1.29, 1.82) is 0 Å². The molecule has 270 valence electrons. The summed E-state index contributed by atoms with van der Waals surface area (Å²) in [6, 6.07) is 24.0. The lowest BCUT2D eigenvalue weighted by Gasteiger charge is -2.49. The second-order valence-corrected chi connectivity index (χ2v) is 15.1. The van der Waals surface area contributed by atoms with Crippen molar-refractivity contribution in [1.82, 2.24) is 9.91 Å². The molecule has 2 N–H and O–H groups in total. The topological polar surface area (TPSA) is 125 Å². The van der Waals surface area contributed by atoms with Gasteiger partial charge < -0.3 is 14.6 Å². The number of allylic oxidation sites excluding steroid dienone is 3. The number of phenolic OH excluding ortho intramolecular Hbond substituents is 1. The molecule has 4 amide bonds. The molecular formula is C42H39N3O7S. The summed E-state index contributed by atoms with van der Waals surface area (Å²) in [7, 11) is 2.90. The Hall–Kier alpha value is -5.68. The average molecular weight is 730 g/mol. The van der Waals surface area contributed by atoms with E-state index in [2.05, 4.69) is 5.43 Å². The van der Waals surface area contributed by atoms with Crippen LogP contribution in [0.5, 0.6) is 17.2 Å². The lowest BCUT2D eigenvalue weighted by Crippen LogP contribution is -2.54. The normalized spacial score (nSPS) is 26.4. The Labute approximate surface area is 311 Å². The molecule has 2 aliphatic carbocycles. The number of aromatic hydroxyl groups is 1. The standard InChI is InChI=1S/C42H39N3O7S/c1-24-11-14-27(15-12-24)43-45-39(48)33-22-31-29(16-17-30-36(31)40(49)44(38(30)47)23-28-10-7-19-53-28)32(42(33,41(45)50)26-8-5-4-6-9-26)18-13-25-20-34(51-2)37(46)35(21-25)52-3/h4-16,18-21,30-33,36,43,46H,17,22-23H2,1-3H3/t30-,31+,32-,33-,36-,42-/m0/s1. The van der Waals surface area contributed by atoms with Crippen molar-refractivity contribution >= 4 is 46.7 Å². The molecule has 3 fully saturated rings. The van der Waals surface area contributed by atoms with Crippen LogP contribution in [0.2, 0.25) is 0 Å². The summed E-state index contributed by atoms with van der Waals surface area (Å²) in [5.74, 6) is -4.16. The van der Waals surface area contributed by atoms with Gasteiger partial charge >= 0.3 is 0 Å². The fourth-order valence-corrected chi connectivity index (χ4v) is 9.68. The highest BCUT2D eigenvalue weighted by Gasteiger charge is 2.69. The number of hydrogen-bond donors (Lipinski definition) is 2. The summed E-state index contributed by atoms with van der Waals surface area (Å²) in [5.41, 5.74) is 5.54. The molecule has 0 unspecified atom stereocenters. The molecular weight excluding hydrogens is 691 g/mol. The Morgan fingerprint density at radius 2 is 1.62 bits per heavy atom. The molecule has 11 heteroatoms. The Balaban J connectivity index is 1.29. The summed E-state index contributed by atoms with van der Waals surface area (Å²) in [6.07, 6.45) is 6.36. The van der Waals surface area contributed by atoms with Gasteiger partial charge in [0, 0.05) is 10.8 Å². The number of carbonyl (C=O) groups is 4. The van der Waals surface area contributed by atoms with Gasteiger partial charge in [-0.25, -0.2) is 0 Å². The van der Waals surface area contributed by atoms with E-state index in [1.54, 1.807) is 12.1 Å². The Kier molecular flexibility index (Phi) is 8.69. The highest BCUT2D eigenvalue weighted by atomic mass is 32.1. The SMILES string of the molecule is COc1cc(C=C[C@H]2C3=CC[C@@H]4C(=O)N(Cc5cccs5)C(=O)[C@@H]4[C@@H]3C[C@H]3C(=O)N(Nc4ccc(C)cc4)C(=O)[C@@]23c2ccccc2)cc(OC)c1O. The largest absolute Gasteiger partial charge is 0.502 e. The maximum atomic E-state index is 15.2. The third kappa shape index (κ3) is 5.44. The number of nitrogens with one attached hydrogen (secondary N) is 1. The molecule has 53 heavy (non-hydrogen) atoms. The van der Waals surface area contributed by atoms with Crippen molar-refractivity contribution in [2.45, 2.75) is 31.7 Å². The molecule has 1 saturated carbocycles. The first-order valence-electron chi connectivity index (χ1n) is 17.6. The highest BCUT2D eigenvalue weighted by Crippen LogP contribution is 2.61. The van der Waals surface area contributed by atoms with E-state index in [0.29, 0.717) is 23.2 Å². The number of rotatable bonds is 9. The zero-order valence-electron chi connectivity index (χ0n) is 29.5. The van der Waals surface area contributed by atoms with Crippen molar-refractivity contribution in [2.75, 3.05) is 19.6 Å². The summed E-state index contributed by atoms with van der Waals surface area (Å²) in [4.78, 5) is 60.6. The van der Waals surface area contributed by atoms with Gasteiger partial charge in [0.05, 0.1) is 49.6 Å². The van der Waals surface area contributed by atoms with Crippen LogP contribution in [-0.4, -0.2) is 52.9 Å². The minimum absolute atomic E-state index is 0.141. The van der Waals surface area contributed by atoms with Crippen LogP contribution in [0.3, 0.4) is 0 Å². The van der Waals surface area contributed by atoms with Crippen LogP contribution in [0.25, 0.3) is 6.08 Å². The number of thiophene rings is 1. The minimum atomic E-state index is -1.38. The Morgan fingerprint density at radius 1 is 0.906 bits per heavy atom. The number of hydrazine groups is 1. The van der Waals surface area contributed by atoms with E-state index in [0.717, 1.165) is 21.0 Å². The third-order valence-corrected chi connectivity index (χ3v) is 12.3. The van der Waals surface area contributed by atoms with Gasteiger partial charge in [-0.2, -0.15) is 5.01 Å². The van der Waals surface area contributed by atoms with Gasteiger partial charge in [0.25, 0.3) is 11.8 Å². The number of likely N-dealkylation sites (tertiary alicyclic amines) is 1. The number of carbonyl (C=O) groups excluding carboxylic acids is 4.